The SMILES string of the molecule is C=CCP(C)(=O)Oc1ccccc1. The van der Waals surface area contributed by atoms with Gasteiger partial charge in [0.25, 0.3) is 0 Å². The second kappa shape index (κ2) is 4.29. The van der Waals surface area contributed by atoms with Crippen molar-refractivity contribution in [2.75, 3.05) is 12.8 Å². The van der Waals surface area contributed by atoms with Gasteiger partial charge in [-0.05, 0) is 12.1 Å². The Morgan fingerprint density at radius 1 is 1.46 bits per heavy atom. The Balaban J connectivity index is 2.69. The second-order valence-corrected chi connectivity index (χ2v) is 5.47. The van der Waals surface area contributed by atoms with Crippen LogP contribution in [0.3, 0.4) is 0 Å². The quantitative estimate of drug-likeness (QED) is 0.546. The summed E-state index contributed by atoms with van der Waals surface area (Å²) in [5.41, 5.74) is 0. The maximum atomic E-state index is 11.7. The van der Waals surface area contributed by atoms with Gasteiger partial charge in [0.2, 0.25) is 7.37 Å². The van der Waals surface area contributed by atoms with Crippen molar-refractivity contribution in [3.63, 3.8) is 0 Å². The highest BCUT2D eigenvalue weighted by Crippen LogP contribution is 2.42. The van der Waals surface area contributed by atoms with Crippen LogP contribution in [0, 0.1) is 0 Å². The van der Waals surface area contributed by atoms with Gasteiger partial charge in [-0.25, -0.2) is 0 Å². The Labute approximate surface area is 78.7 Å². The normalized spacial score (nSPS) is 14.5. The van der Waals surface area contributed by atoms with Gasteiger partial charge in [-0.3, -0.25) is 4.57 Å². The topological polar surface area (TPSA) is 26.3 Å². The van der Waals surface area contributed by atoms with Crippen LogP contribution in [0.5, 0.6) is 5.75 Å². The summed E-state index contributed by atoms with van der Waals surface area (Å²) in [7, 11) is -2.53. The summed E-state index contributed by atoms with van der Waals surface area (Å²) < 4.78 is 17.0. The van der Waals surface area contributed by atoms with E-state index in [0.717, 1.165) is 0 Å². The van der Waals surface area contributed by atoms with Crippen molar-refractivity contribution in [1.82, 2.24) is 0 Å². The molecule has 0 N–H and O–H groups in total. The molecule has 0 aliphatic heterocycles. The molecule has 1 aromatic carbocycles. The molecule has 1 rings (SSSR count). The third kappa shape index (κ3) is 3.47. The van der Waals surface area contributed by atoms with Gasteiger partial charge in [0.15, 0.2) is 0 Å². The first-order chi connectivity index (χ1) is 6.14. The Morgan fingerprint density at radius 2 is 2.08 bits per heavy atom. The fourth-order valence-electron chi connectivity index (χ4n) is 0.976. The molecule has 0 aliphatic rings. The van der Waals surface area contributed by atoms with E-state index in [1.807, 2.05) is 18.2 Å². The second-order valence-electron chi connectivity index (χ2n) is 2.89. The lowest BCUT2D eigenvalue weighted by Gasteiger charge is -2.12. The van der Waals surface area contributed by atoms with E-state index < -0.39 is 7.37 Å². The maximum absolute atomic E-state index is 11.7. The predicted octanol–water partition coefficient (Wildman–Crippen LogP) is 3.16. The van der Waals surface area contributed by atoms with Crippen LogP contribution in [-0.4, -0.2) is 12.8 Å². The van der Waals surface area contributed by atoms with Crippen molar-refractivity contribution in [2.45, 2.75) is 0 Å². The third-order valence-corrected chi connectivity index (χ3v) is 3.02. The van der Waals surface area contributed by atoms with E-state index in [-0.39, 0.29) is 0 Å². The van der Waals surface area contributed by atoms with Crippen LogP contribution in [0.15, 0.2) is 43.0 Å². The maximum Gasteiger partial charge on any atom is 0.248 e. The zero-order valence-corrected chi connectivity index (χ0v) is 8.54. The predicted molar refractivity (Wildman–Crippen MR) is 55.7 cm³/mol. The molecule has 0 radical (unpaired) electrons. The molecule has 1 aromatic rings. The summed E-state index contributed by atoms with van der Waals surface area (Å²) in [5, 5.41) is 0. The number of allylic oxidation sites excluding steroid dienone is 1. The standard InChI is InChI=1S/C10H13O2P/c1-3-9-13(2,11)12-10-7-5-4-6-8-10/h3-8H,1,9H2,2H3. The first-order valence-electron chi connectivity index (χ1n) is 4.06. The summed E-state index contributed by atoms with van der Waals surface area (Å²) in [6.07, 6.45) is 2.02. The van der Waals surface area contributed by atoms with Crippen molar-refractivity contribution in [3.05, 3.63) is 43.0 Å². The summed E-state index contributed by atoms with van der Waals surface area (Å²) in [6, 6.07) is 9.17. The lowest BCUT2D eigenvalue weighted by Crippen LogP contribution is -1.93. The van der Waals surface area contributed by atoms with E-state index in [4.69, 9.17) is 4.52 Å². The minimum atomic E-state index is -2.53. The van der Waals surface area contributed by atoms with E-state index >= 15 is 0 Å². The monoisotopic (exact) mass is 196 g/mol. The highest BCUT2D eigenvalue weighted by Gasteiger charge is 2.14. The van der Waals surface area contributed by atoms with E-state index in [2.05, 4.69) is 6.58 Å². The Morgan fingerprint density at radius 3 is 2.62 bits per heavy atom. The number of rotatable bonds is 4. The molecule has 1 atom stereocenters. The average molecular weight is 196 g/mol. The molecule has 0 fully saturated rings. The number of hydrogen-bond acceptors (Lipinski definition) is 2. The van der Waals surface area contributed by atoms with E-state index in [1.165, 1.54) is 0 Å². The van der Waals surface area contributed by atoms with Gasteiger partial charge in [0, 0.05) is 6.66 Å². The van der Waals surface area contributed by atoms with E-state index in [1.54, 1.807) is 24.9 Å². The highest BCUT2D eigenvalue weighted by molar-refractivity contribution is 7.58. The number of para-hydroxylation sites is 1. The van der Waals surface area contributed by atoms with Gasteiger partial charge in [-0.15, -0.1) is 6.58 Å². The van der Waals surface area contributed by atoms with Crippen molar-refractivity contribution < 1.29 is 9.09 Å². The van der Waals surface area contributed by atoms with Gasteiger partial charge < -0.3 is 4.52 Å². The zero-order chi connectivity index (χ0) is 9.73. The molecule has 0 aliphatic carbocycles. The van der Waals surface area contributed by atoms with Crippen LogP contribution in [0.25, 0.3) is 0 Å². The number of benzene rings is 1. The van der Waals surface area contributed by atoms with Gasteiger partial charge >= 0.3 is 0 Å². The Bertz CT molecular complexity index is 319. The number of hydrogen-bond donors (Lipinski definition) is 0. The average Bonchev–Trinajstić information content (AvgIpc) is 2.04. The molecular weight excluding hydrogens is 183 g/mol. The molecule has 70 valence electrons. The lowest BCUT2D eigenvalue weighted by atomic mass is 10.3. The van der Waals surface area contributed by atoms with Gasteiger partial charge in [0.05, 0.1) is 6.16 Å². The molecule has 0 spiro atoms. The summed E-state index contributed by atoms with van der Waals surface area (Å²) in [5.74, 6) is 0.648. The Hall–Kier alpha value is -1.01. The molecule has 0 amide bonds. The molecule has 0 aromatic heterocycles. The van der Waals surface area contributed by atoms with Crippen molar-refractivity contribution in [2.24, 2.45) is 0 Å². The fourth-order valence-corrected chi connectivity index (χ4v) is 2.09. The van der Waals surface area contributed by atoms with Crippen LogP contribution in [0.4, 0.5) is 0 Å². The molecule has 13 heavy (non-hydrogen) atoms. The van der Waals surface area contributed by atoms with Gasteiger partial charge in [-0.2, -0.15) is 0 Å². The van der Waals surface area contributed by atoms with Crippen molar-refractivity contribution in [1.29, 1.82) is 0 Å². The first kappa shape index (κ1) is 10.1. The fraction of sp³-hybridized carbons (Fsp3) is 0.200. The molecule has 3 heteroatoms. The molecule has 2 nitrogen and oxygen atoms in total. The molecule has 0 saturated heterocycles. The summed E-state index contributed by atoms with van der Waals surface area (Å²) in [6.45, 7) is 5.15. The van der Waals surface area contributed by atoms with Crippen molar-refractivity contribution in [3.8, 4) is 5.75 Å². The van der Waals surface area contributed by atoms with Crippen LogP contribution >= 0.6 is 7.37 Å². The van der Waals surface area contributed by atoms with Gasteiger partial charge in [-0.1, -0.05) is 24.3 Å². The molecular formula is C10H13O2P. The minimum Gasteiger partial charge on any atom is -0.443 e. The van der Waals surface area contributed by atoms with Crippen molar-refractivity contribution >= 4 is 7.37 Å². The minimum absolute atomic E-state index is 0.405. The van der Waals surface area contributed by atoms with Crippen LogP contribution < -0.4 is 4.52 Å². The van der Waals surface area contributed by atoms with E-state index in [0.29, 0.717) is 11.9 Å². The van der Waals surface area contributed by atoms with Crippen LogP contribution in [-0.2, 0) is 4.57 Å². The lowest BCUT2D eigenvalue weighted by molar-refractivity contribution is 0.491. The highest BCUT2D eigenvalue weighted by atomic mass is 31.2. The molecule has 0 saturated carbocycles. The summed E-state index contributed by atoms with van der Waals surface area (Å²) in [4.78, 5) is 0. The molecule has 0 heterocycles. The zero-order valence-electron chi connectivity index (χ0n) is 7.64. The molecule has 1 unspecified atom stereocenters. The largest absolute Gasteiger partial charge is 0.443 e. The van der Waals surface area contributed by atoms with Crippen LogP contribution in [0.2, 0.25) is 0 Å². The van der Waals surface area contributed by atoms with Gasteiger partial charge in [0.1, 0.15) is 5.75 Å². The molecule has 0 bridgehead atoms. The smallest absolute Gasteiger partial charge is 0.248 e. The first-order valence-corrected chi connectivity index (χ1v) is 6.32. The van der Waals surface area contributed by atoms with E-state index in [9.17, 15) is 4.57 Å². The van der Waals surface area contributed by atoms with Crippen LogP contribution in [0.1, 0.15) is 0 Å². The summed E-state index contributed by atoms with van der Waals surface area (Å²) >= 11 is 0. The Kier molecular flexibility index (Phi) is 3.32. The third-order valence-electron chi connectivity index (χ3n) is 1.50.